The summed E-state index contributed by atoms with van der Waals surface area (Å²) in [5.41, 5.74) is 6.16. The first-order valence-electron chi connectivity index (χ1n) is 6.18. The monoisotopic (exact) mass is 283 g/mol. The van der Waals surface area contributed by atoms with Crippen molar-refractivity contribution < 1.29 is 18.3 Å². The summed E-state index contributed by atoms with van der Waals surface area (Å²) < 4.78 is 23.9. The Kier molecular flexibility index (Phi) is 3.54. The van der Waals surface area contributed by atoms with Gasteiger partial charge in [-0.2, -0.15) is 0 Å². The number of carbonyl (C=O) groups is 1. The molecule has 0 aromatic heterocycles. The van der Waals surface area contributed by atoms with Gasteiger partial charge in [0.15, 0.2) is 9.84 Å². The number of hydrogen-bond acceptors (Lipinski definition) is 4. The molecule has 3 N–H and O–H groups in total. The first kappa shape index (κ1) is 13.9. The van der Waals surface area contributed by atoms with Crippen molar-refractivity contribution in [3.63, 3.8) is 0 Å². The summed E-state index contributed by atoms with van der Waals surface area (Å²) in [4.78, 5) is 11.1. The van der Waals surface area contributed by atoms with Gasteiger partial charge in [0.2, 0.25) is 0 Å². The van der Waals surface area contributed by atoms with Gasteiger partial charge in [-0.05, 0) is 30.4 Å². The second-order valence-electron chi connectivity index (χ2n) is 5.00. The number of sulfone groups is 1. The van der Waals surface area contributed by atoms with Gasteiger partial charge in [-0.25, -0.2) is 13.2 Å². The number of anilines is 1. The van der Waals surface area contributed by atoms with E-state index in [1.54, 1.807) is 6.07 Å². The fraction of sp³-hybridized carbons (Fsp3) is 0.462. The van der Waals surface area contributed by atoms with Crippen molar-refractivity contribution in [1.82, 2.24) is 0 Å². The molecule has 0 amide bonds. The van der Waals surface area contributed by atoms with E-state index in [2.05, 4.69) is 0 Å². The molecular formula is C13H17NO4S. The summed E-state index contributed by atoms with van der Waals surface area (Å²) in [5.74, 6) is -1.05. The summed E-state index contributed by atoms with van der Waals surface area (Å²) in [6.07, 6.45) is 5.05. The number of aromatic carboxylic acids is 1. The Morgan fingerprint density at radius 1 is 1.32 bits per heavy atom. The standard InChI is InChI=1S/C13H17NO4S/c1-19(17,18)12-9(8-4-2-3-5-8)6-7-10(11(12)14)13(15)16/h6-8H,2-5,14H2,1H3,(H,15,16). The number of rotatable bonds is 3. The third kappa shape index (κ3) is 2.58. The number of nitrogen functional groups attached to an aromatic ring is 1. The minimum Gasteiger partial charge on any atom is -0.478 e. The third-order valence-corrected chi connectivity index (χ3v) is 4.82. The summed E-state index contributed by atoms with van der Waals surface area (Å²) in [5, 5.41) is 9.04. The van der Waals surface area contributed by atoms with Gasteiger partial charge in [-0.15, -0.1) is 0 Å². The van der Waals surface area contributed by atoms with Crippen LogP contribution < -0.4 is 5.73 Å². The fourth-order valence-electron chi connectivity index (χ4n) is 2.77. The molecule has 0 unspecified atom stereocenters. The summed E-state index contributed by atoms with van der Waals surface area (Å²) >= 11 is 0. The van der Waals surface area contributed by atoms with Crippen LogP contribution in [0.15, 0.2) is 17.0 Å². The van der Waals surface area contributed by atoms with Gasteiger partial charge < -0.3 is 10.8 Å². The molecule has 2 rings (SSSR count). The largest absolute Gasteiger partial charge is 0.478 e. The van der Waals surface area contributed by atoms with Crippen molar-refractivity contribution in [2.45, 2.75) is 36.5 Å². The number of carboxylic acids is 1. The molecule has 6 heteroatoms. The molecule has 1 aromatic carbocycles. The third-order valence-electron chi connectivity index (χ3n) is 3.62. The first-order valence-corrected chi connectivity index (χ1v) is 8.07. The highest BCUT2D eigenvalue weighted by Crippen LogP contribution is 2.40. The molecule has 1 fully saturated rings. The van der Waals surface area contributed by atoms with E-state index in [4.69, 9.17) is 10.8 Å². The van der Waals surface area contributed by atoms with E-state index in [1.165, 1.54) is 6.07 Å². The molecule has 0 atom stereocenters. The fourth-order valence-corrected chi connectivity index (χ4v) is 3.95. The van der Waals surface area contributed by atoms with E-state index in [0.717, 1.165) is 31.9 Å². The highest BCUT2D eigenvalue weighted by atomic mass is 32.2. The van der Waals surface area contributed by atoms with Crippen molar-refractivity contribution in [1.29, 1.82) is 0 Å². The van der Waals surface area contributed by atoms with E-state index in [-0.39, 0.29) is 22.1 Å². The van der Waals surface area contributed by atoms with Gasteiger partial charge in [0.25, 0.3) is 0 Å². The minimum absolute atomic E-state index is 0.000648. The van der Waals surface area contributed by atoms with Crippen LogP contribution in [-0.4, -0.2) is 25.7 Å². The van der Waals surface area contributed by atoms with Crippen LogP contribution in [0.1, 0.15) is 47.5 Å². The zero-order valence-corrected chi connectivity index (χ0v) is 11.5. The van der Waals surface area contributed by atoms with Crippen LogP contribution in [-0.2, 0) is 9.84 Å². The van der Waals surface area contributed by atoms with Gasteiger partial charge in [-0.3, -0.25) is 0 Å². The number of benzene rings is 1. The van der Waals surface area contributed by atoms with Crippen LogP contribution in [0.25, 0.3) is 0 Å². The molecule has 5 nitrogen and oxygen atoms in total. The summed E-state index contributed by atoms with van der Waals surface area (Å²) in [6.45, 7) is 0. The van der Waals surface area contributed by atoms with Crippen LogP contribution in [0.2, 0.25) is 0 Å². The lowest BCUT2D eigenvalue weighted by Gasteiger charge is -2.17. The number of hydrogen-bond donors (Lipinski definition) is 2. The van der Waals surface area contributed by atoms with Gasteiger partial charge in [0.05, 0.1) is 16.1 Å². The Bertz CT molecular complexity index is 616. The van der Waals surface area contributed by atoms with E-state index in [9.17, 15) is 13.2 Å². The Morgan fingerprint density at radius 2 is 1.89 bits per heavy atom. The van der Waals surface area contributed by atoms with E-state index >= 15 is 0 Å². The normalized spacial score (nSPS) is 16.7. The maximum absolute atomic E-state index is 11.9. The summed E-state index contributed by atoms with van der Waals surface area (Å²) in [6, 6.07) is 3.01. The van der Waals surface area contributed by atoms with E-state index in [0.29, 0.717) is 5.56 Å². The maximum atomic E-state index is 11.9. The van der Waals surface area contributed by atoms with Crippen LogP contribution in [0.5, 0.6) is 0 Å². The molecule has 19 heavy (non-hydrogen) atoms. The van der Waals surface area contributed by atoms with Crippen LogP contribution in [0, 0.1) is 0 Å². The average Bonchev–Trinajstić information content (AvgIpc) is 2.79. The van der Waals surface area contributed by atoms with Crippen molar-refractivity contribution in [2.75, 3.05) is 12.0 Å². The second-order valence-corrected chi connectivity index (χ2v) is 6.96. The van der Waals surface area contributed by atoms with Gasteiger partial charge in [0, 0.05) is 6.26 Å². The van der Waals surface area contributed by atoms with Crippen molar-refractivity contribution in [3.8, 4) is 0 Å². The molecular weight excluding hydrogens is 266 g/mol. The number of nitrogens with two attached hydrogens (primary N) is 1. The molecule has 0 spiro atoms. The maximum Gasteiger partial charge on any atom is 0.337 e. The lowest BCUT2D eigenvalue weighted by molar-refractivity contribution is 0.0698. The molecule has 0 saturated heterocycles. The first-order chi connectivity index (χ1) is 8.82. The molecule has 104 valence electrons. The van der Waals surface area contributed by atoms with Crippen LogP contribution >= 0.6 is 0 Å². The van der Waals surface area contributed by atoms with Crippen molar-refractivity contribution in [2.24, 2.45) is 0 Å². The van der Waals surface area contributed by atoms with Crippen molar-refractivity contribution in [3.05, 3.63) is 23.3 Å². The highest BCUT2D eigenvalue weighted by Gasteiger charge is 2.28. The van der Waals surface area contributed by atoms with Crippen molar-refractivity contribution >= 4 is 21.5 Å². The number of carboxylic acid groups (broad SMARTS) is 1. The lowest BCUT2D eigenvalue weighted by Crippen LogP contribution is -2.13. The Hall–Kier alpha value is -1.56. The average molecular weight is 283 g/mol. The summed E-state index contributed by atoms with van der Waals surface area (Å²) in [7, 11) is -3.55. The zero-order valence-electron chi connectivity index (χ0n) is 10.7. The predicted molar refractivity (Wildman–Crippen MR) is 72.1 cm³/mol. The Morgan fingerprint density at radius 3 is 2.37 bits per heavy atom. The Labute approximate surface area is 112 Å². The zero-order chi connectivity index (χ0) is 14.2. The van der Waals surface area contributed by atoms with Gasteiger partial charge in [-0.1, -0.05) is 18.9 Å². The SMILES string of the molecule is CS(=O)(=O)c1c(C2CCCC2)ccc(C(=O)O)c1N. The molecule has 1 saturated carbocycles. The van der Waals surface area contributed by atoms with E-state index < -0.39 is 15.8 Å². The molecule has 0 heterocycles. The van der Waals surface area contributed by atoms with Gasteiger partial charge in [0.1, 0.15) is 0 Å². The predicted octanol–water partition coefficient (Wildman–Crippen LogP) is 2.03. The molecule has 1 aromatic rings. The van der Waals surface area contributed by atoms with Crippen LogP contribution in [0.4, 0.5) is 5.69 Å². The Balaban J connectivity index is 2.68. The topological polar surface area (TPSA) is 97.5 Å². The molecule has 0 bridgehead atoms. The smallest absolute Gasteiger partial charge is 0.337 e. The minimum atomic E-state index is -3.55. The van der Waals surface area contributed by atoms with Crippen LogP contribution in [0.3, 0.4) is 0 Å². The quantitative estimate of drug-likeness (QED) is 0.827. The molecule has 0 radical (unpaired) electrons. The second kappa shape index (κ2) is 4.85. The highest BCUT2D eigenvalue weighted by molar-refractivity contribution is 7.91. The van der Waals surface area contributed by atoms with E-state index in [1.807, 2.05) is 0 Å². The molecule has 1 aliphatic rings. The molecule has 1 aliphatic carbocycles. The molecule has 0 aliphatic heterocycles. The van der Waals surface area contributed by atoms with Gasteiger partial charge >= 0.3 is 5.97 Å². The lowest BCUT2D eigenvalue weighted by atomic mass is 9.95.